The number of benzene rings is 1. The summed E-state index contributed by atoms with van der Waals surface area (Å²) in [7, 11) is 0. The third kappa shape index (κ3) is 2.65. The number of nitrogens with zero attached hydrogens (tertiary/aromatic N) is 1. The van der Waals surface area contributed by atoms with Gasteiger partial charge >= 0.3 is 5.97 Å². The lowest BCUT2D eigenvalue weighted by molar-refractivity contribution is 0.0689. The van der Waals surface area contributed by atoms with Gasteiger partial charge in [0.25, 0.3) is 0 Å². The number of hydrogen-bond donors (Lipinski definition) is 1. The molecule has 0 bridgehead atoms. The Morgan fingerprint density at radius 3 is 2.82 bits per heavy atom. The molecule has 2 aromatic rings. The fraction of sp³-hybridized carbons (Fsp3) is 0.167. The molecule has 1 heterocycles. The first-order chi connectivity index (χ1) is 8.18. The van der Waals surface area contributed by atoms with Gasteiger partial charge in [-0.1, -0.05) is 29.8 Å². The number of aromatic carboxylic acids is 1. The Kier molecular flexibility index (Phi) is 3.44. The van der Waals surface area contributed by atoms with E-state index in [0.717, 1.165) is 12.0 Å². The minimum Gasteiger partial charge on any atom is -0.476 e. The number of aromatic nitrogens is 1. The molecule has 1 N–H and O–H groups in total. The van der Waals surface area contributed by atoms with Crippen molar-refractivity contribution in [3.63, 3.8) is 0 Å². The molecule has 1 aromatic heterocycles. The highest BCUT2D eigenvalue weighted by Gasteiger charge is 2.15. The van der Waals surface area contributed by atoms with Crippen LogP contribution in [0.4, 0.5) is 0 Å². The van der Waals surface area contributed by atoms with Crippen LogP contribution >= 0.6 is 11.6 Å². The van der Waals surface area contributed by atoms with Crippen molar-refractivity contribution in [2.24, 2.45) is 0 Å². The number of carboxylic acid groups (broad SMARTS) is 1. The summed E-state index contributed by atoms with van der Waals surface area (Å²) >= 11 is 6.00. The van der Waals surface area contributed by atoms with Gasteiger partial charge in [-0.2, -0.15) is 0 Å². The molecule has 0 aliphatic heterocycles. The molecule has 4 nitrogen and oxygen atoms in total. The van der Waals surface area contributed by atoms with E-state index in [1.54, 1.807) is 6.07 Å². The van der Waals surface area contributed by atoms with Gasteiger partial charge in [0.1, 0.15) is 5.76 Å². The van der Waals surface area contributed by atoms with Crippen molar-refractivity contribution in [1.29, 1.82) is 0 Å². The van der Waals surface area contributed by atoms with Crippen LogP contribution in [-0.4, -0.2) is 16.1 Å². The molecule has 0 aliphatic carbocycles. The fourth-order valence-corrected chi connectivity index (χ4v) is 1.80. The highest BCUT2D eigenvalue weighted by atomic mass is 35.5. The predicted octanol–water partition coefficient (Wildman–Crippen LogP) is 2.81. The van der Waals surface area contributed by atoms with Crippen LogP contribution in [0.1, 0.15) is 21.8 Å². The molecule has 0 spiro atoms. The zero-order valence-electron chi connectivity index (χ0n) is 8.89. The highest BCUT2D eigenvalue weighted by molar-refractivity contribution is 6.31. The van der Waals surface area contributed by atoms with E-state index >= 15 is 0 Å². The molecular formula is C12H10ClNO3. The Morgan fingerprint density at radius 2 is 2.12 bits per heavy atom. The summed E-state index contributed by atoms with van der Waals surface area (Å²) in [6.07, 6.45) is 2.23. The number of carbonyl (C=O) groups is 1. The van der Waals surface area contributed by atoms with Crippen LogP contribution in [0.2, 0.25) is 5.02 Å². The normalized spacial score (nSPS) is 10.4. The maximum atomic E-state index is 10.8. The van der Waals surface area contributed by atoms with Gasteiger partial charge in [0, 0.05) is 11.4 Å². The van der Waals surface area contributed by atoms with E-state index in [4.69, 9.17) is 21.1 Å². The van der Waals surface area contributed by atoms with Gasteiger partial charge in [0.05, 0.1) is 0 Å². The fourth-order valence-electron chi connectivity index (χ4n) is 1.57. The summed E-state index contributed by atoms with van der Waals surface area (Å²) in [6, 6.07) is 7.44. The molecule has 1 aromatic carbocycles. The van der Waals surface area contributed by atoms with Gasteiger partial charge < -0.3 is 9.52 Å². The number of oxazole rings is 1. The summed E-state index contributed by atoms with van der Waals surface area (Å²) in [5, 5.41) is 9.53. The van der Waals surface area contributed by atoms with Gasteiger partial charge in [-0.3, -0.25) is 0 Å². The summed E-state index contributed by atoms with van der Waals surface area (Å²) in [5.74, 6) is -0.703. The van der Waals surface area contributed by atoms with Crippen LogP contribution in [0.25, 0.3) is 0 Å². The quantitative estimate of drug-likeness (QED) is 0.908. The van der Waals surface area contributed by atoms with Crippen molar-refractivity contribution in [3.8, 4) is 0 Å². The largest absolute Gasteiger partial charge is 0.476 e. The van der Waals surface area contributed by atoms with E-state index in [2.05, 4.69) is 4.98 Å². The van der Waals surface area contributed by atoms with Crippen LogP contribution in [0.5, 0.6) is 0 Å². The molecule has 0 fully saturated rings. The lowest BCUT2D eigenvalue weighted by atomic mass is 10.1. The predicted molar refractivity (Wildman–Crippen MR) is 62.3 cm³/mol. The van der Waals surface area contributed by atoms with Gasteiger partial charge in [0.15, 0.2) is 12.1 Å². The third-order valence-electron chi connectivity index (χ3n) is 2.42. The SMILES string of the molecule is O=C(O)c1ncoc1CCc1ccccc1Cl. The number of rotatable bonds is 4. The second-order valence-corrected chi connectivity index (χ2v) is 3.93. The molecule has 0 saturated carbocycles. The van der Waals surface area contributed by atoms with Crippen molar-refractivity contribution < 1.29 is 14.3 Å². The van der Waals surface area contributed by atoms with E-state index in [1.807, 2.05) is 18.2 Å². The molecular weight excluding hydrogens is 242 g/mol. The zero-order chi connectivity index (χ0) is 12.3. The molecule has 0 saturated heterocycles. The summed E-state index contributed by atoms with van der Waals surface area (Å²) in [6.45, 7) is 0. The molecule has 0 aliphatic rings. The number of aryl methyl sites for hydroxylation is 2. The molecule has 0 unspecified atom stereocenters. The molecule has 0 amide bonds. The monoisotopic (exact) mass is 251 g/mol. The molecule has 2 rings (SSSR count). The highest BCUT2D eigenvalue weighted by Crippen LogP contribution is 2.18. The summed E-state index contributed by atoms with van der Waals surface area (Å²) < 4.78 is 5.05. The maximum absolute atomic E-state index is 10.8. The van der Waals surface area contributed by atoms with E-state index in [-0.39, 0.29) is 5.69 Å². The number of halogens is 1. The van der Waals surface area contributed by atoms with Gasteiger partial charge in [-0.05, 0) is 18.1 Å². The summed E-state index contributed by atoms with van der Waals surface area (Å²) in [4.78, 5) is 14.5. The number of hydrogen-bond acceptors (Lipinski definition) is 3. The Hall–Kier alpha value is -1.81. The smallest absolute Gasteiger partial charge is 0.358 e. The van der Waals surface area contributed by atoms with E-state index < -0.39 is 5.97 Å². The lowest BCUT2D eigenvalue weighted by Gasteiger charge is -2.02. The van der Waals surface area contributed by atoms with Crippen LogP contribution in [0, 0.1) is 0 Å². The first-order valence-corrected chi connectivity index (χ1v) is 5.45. The molecule has 0 atom stereocenters. The average Bonchev–Trinajstić information content (AvgIpc) is 2.76. The Bertz CT molecular complexity index is 536. The van der Waals surface area contributed by atoms with E-state index in [1.165, 1.54) is 0 Å². The van der Waals surface area contributed by atoms with Crippen molar-refractivity contribution in [2.45, 2.75) is 12.8 Å². The van der Waals surface area contributed by atoms with Crippen LogP contribution in [0.15, 0.2) is 35.1 Å². The maximum Gasteiger partial charge on any atom is 0.358 e. The Labute approximate surface area is 103 Å². The van der Waals surface area contributed by atoms with E-state index in [9.17, 15) is 4.79 Å². The standard InChI is InChI=1S/C12H10ClNO3/c13-9-4-2-1-3-8(9)5-6-10-11(12(15)16)14-7-17-10/h1-4,7H,5-6H2,(H,15,16). The Morgan fingerprint density at radius 1 is 1.35 bits per heavy atom. The molecule has 5 heteroatoms. The second kappa shape index (κ2) is 5.01. The molecule has 88 valence electrons. The van der Waals surface area contributed by atoms with Gasteiger partial charge in [-0.25, -0.2) is 9.78 Å². The lowest BCUT2D eigenvalue weighted by Crippen LogP contribution is -2.02. The first kappa shape index (κ1) is 11.7. The molecule has 0 radical (unpaired) electrons. The number of carboxylic acids is 1. The van der Waals surface area contributed by atoms with Crippen molar-refractivity contribution in [3.05, 3.63) is 52.7 Å². The zero-order valence-corrected chi connectivity index (χ0v) is 9.65. The average molecular weight is 252 g/mol. The second-order valence-electron chi connectivity index (χ2n) is 3.52. The van der Waals surface area contributed by atoms with E-state index in [0.29, 0.717) is 23.6 Å². The van der Waals surface area contributed by atoms with Crippen molar-refractivity contribution in [1.82, 2.24) is 4.98 Å². The minimum atomic E-state index is -1.08. The topological polar surface area (TPSA) is 63.3 Å². The summed E-state index contributed by atoms with van der Waals surface area (Å²) in [5.41, 5.74) is 0.930. The van der Waals surface area contributed by atoms with Gasteiger partial charge in [0.2, 0.25) is 0 Å². The first-order valence-electron chi connectivity index (χ1n) is 5.07. The Balaban J connectivity index is 2.10. The third-order valence-corrected chi connectivity index (χ3v) is 2.79. The van der Waals surface area contributed by atoms with Crippen LogP contribution < -0.4 is 0 Å². The van der Waals surface area contributed by atoms with Gasteiger partial charge in [-0.15, -0.1) is 0 Å². The van der Waals surface area contributed by atoms with Crippen molar-refractivity contribution in [2.75, 3.05) is 0 Å². The molecule has 17 heavy (non-hydrogen) atoms. The van der Waals surface area contributed by atoms with Crippen LogP contribution in [0.3, 0.4) is 0 Å². The van der Waals surface area contributed by atoms with Crippen LogP contribution in [-0.2, 0) is 12.8 Å². The van der Waals surface area contributed by atoms with Crippen molar-refractivity contribution >= 4 is 17.6 Å². The minimum absolute atomic E-state index is 0.0305.